The Balaban J connectivity index is 0.00000462. The van der Waals surface area contributed by atoms with Gasteiger partial charge in [-0.3, -0.25) is 14.7 Å². The van der Waals surface area contributed by atoms with Gasteiger partial charge < -0.3 is 26.2 Å². The molecule has 1 atom stereocenters. The van der Waals surface area contributed by atoms with Crippen LogP contribution in [0, 0.1) is 0 Å². The second kappa shape index (κ2) is 13.8. The summed E-state index contributed by atoms with van der Waals surface area (Å²) in [7, 11) is 2.20. The molecular formula is C29H45ClN8O3. The van der Waals surface area contributed by atoms with Crippen LogP contribution in [-0.4, -0.2) is 93.1 Å². The minimum Gasteiger partial charge on any atom is -0.338 e. The summed E-state index contributed by atoms with van der Waals surface area (Å²) in [5, 5.41) is 2.70. The van der Waals surface area contributed by atoms with Gasteiger partial charge in [-0.15, -0.1) is 12.4 Å². The lowest BCUT2D eigenvalue weighted by molar-refractivity contribution is -0.137. The van der Waals surface area contributed by atoms with Crippen molar-refractivity contribution in [1.29, 1.82) is 0 Å². The van der Waals surface area contributed by atoms with Gasteiger partial charge in [-0.2, -0.15) is 4.98 Å². The molecule has 3 amide bonds. The van der Waals surface area contributed by atoms with Crippen LogP contribution in [0.1, 0.15) is 52.0 Å². The van der Waals surface area contributed by atoms with Gasteiger partial charge in [0.25, 0.3) is 0 Å². The number of nitrogens with zero attached hydrogens (tertiary/aromatic N) is 5. The molecule has 226 valence electrons. The Morgan fingerprint density at radius 1 is 1.05 bits per heavy atom. The standard InChI is InChI=1S/C29H44N8O3.ClH/c1-20(34(4)23-11-7-22(30)8-12-23)19-21-5-9-24(10-6-21)37-14-13-25(33-28(37)40)32-27(39)36-17-15-35(16-18-36)26(38)29(2,3)31;/h5-6,9-10,13-14,20,22-23H,7-8,11-12,15-19,30-31H2,1-4H3,(H,32,33,39,40);1H. The Morgan fingerprint density at radius 3 is 2.20 bits per heavy atom. The summed E-state index contributed by atoms with van der Waals surface area (Å²) < 4.78 is 1.46. The number of anilines is 1. The van der Waals surface area contributed by atoms with Crippen LogP contribution in [0.3, 0.4) is 0 Å². The highest BCUT2D eigenvalue weighted by Gasteiger charge is 2.31. The van der Waals surface area contributed by atoms with Crippen molar-refractivity contribution in [3.8, 4) is 5.69 Å². The van der Waals surface area contributed by atoms with E-state index in [2.05, 4.69) is 41.3 Å². The maximum Gasteiger partial charge on any atom is 0.354 e. The zero-order valence-electron chi connectivity index (χ0n) is 24.6. The number of halogens is 1. The predicted molar refractivity (Wildman–Crippen MR) is 164 cm³/mol. The number of carbonyl (C=O) groups excluding carboxylic acids is 2. The van der Waals surface area contributed by atoms with Crippen molar-refractivity contribution in [1.82, 2.24) is 24.3 Å². The molecule has 0 bridgehead atoms. The highest BCUT2D eigenvalue weighted by atomic mass is 35.5. The summed E-state index contributed by atoms with van der Waals surface area (Å²) in [4.78, 5) is 47.7. The third kappa shape index (κ3) is 8.28. The van der Waals surface area contributed by atoms with E-state index in [0.717, 1.165) is 32.1 Å². The number of urea groups is 1. The van der Waals surface area contributed by atoms with Crippen molar-refractivity contribution in [2.24, 2.45) is 11.5 Å². The summed E-state index contributed by atoms with van der Waals surface area (Å²) in [5.41, 5.74) is 12.5. The van der Waals surface area contributed by atoms with E-state index in [0.29, 0.717) is 50.0 Å². The van der Waals surface area contributed by atoms with Crippen LogP contribution >= 0.6 is 12.4 Å². The first kappa shape index (κ1) is 32.5. The number of nitrogens with two attached hydrogens (primary N) is 2. The topological polar surface area (TPSA) is 143 Å². The lowest BCUT2D eigenvalue weighted by atomic mass is 9.90. The van der Waals surface area contributed by atoms with E-state index < -0.39 is 11.2 Å². The van der Waals surface area contributed by atoms with Crippen LogP contribution in [-0.2, 0) is 11.2 Å². The average molecular weight is 589 g/mol. The van der Waals surface area contributed by atoms with Gasteiger partial charge in [0, 0.05) is 50.5 Å². The number of benzene rings is 1. The van der Waals surface area contributed by atoms with E-state index in [1.165, 1.54) is 10.1 Å². The molecule has 1 aliphatic heterocycles. The Bertz CT molecular complexity index is 1230. The molecule has 2 aliphatic rings. The molecule has 1 saturated heterocycles. The third-order valence-corrected chi connectivity index (χ3v) is 8.20. The van der Waals surface area contributed by atoms with Gasteiger partial charge in [0.05, 0.1) is 11.2 Å². The van der Waals surface area contributed by atoms with Gasteiger partial charge in [0.1, 0.15) is 5.82 Å². The minimum absolute atomic E-state index is 0. The number of carbonyl (C=O) groups is 2. The van der Waals surface area contributed by atoms with Crippen molar-refractivity contribution in [2.75, 3.05) is 38.5 Å². The molecule has 5 N–H and O–H groups in total. The van der Waals surface area contributed by atoms with Crippen molar-refractivity contribution in [2.45, 2.75) is 76.5 Å². The molecule has 4 rings (SSSR count). The third-order valence-electron chi connectivity index (χ3n) is 8.20. The molecular weight excluding hydrogens is 544 g/mol. The fraction of sp³-hybridized carbons (Fsp3) is 0.586. The van der Waals surface area contributed by atoms with E-state index in [9.17, 15) is 14.4 Å². The lowest BCUT2D eigenvalue weighted by Gasteiger charge is -2.37. The molecule has 1 aromatic carbocycles. The molecule has 1 aromatic heterocycles. The normalized spacial score (nSPS) is 20.4. The summed E-state index contributed by atoms with van der Waals surface area (Å²) >= 11 is 0. The Kier molecular flexibility index (Phi) is 10.9. The van der Waals surface area contributed by atoms with Crippen molar-refractivity contribution in [3.05, 3.63) is 52.6 Å². The molecule has 0 radical (unpaired) electrons. The van der Waals surface area contributed by atoms with Crippen LogP contribution < -0.4 is 22.5 Å². The summed E-state index contributed by atoms with van der Waals surface area (Å²) in [5.74, 6) is 0.0442. The first-order chi connectivity index (χ1) is 18.9. The van der Waals surface area contributed by atoms with Crippen molar-refractivity contribution in [3.63, 3.8) is 0 Å². The molecule has 1 saturated carbocycles. The minimum atomic E-state index is -0.947. The highest BCUT2D eigenvalue weighted by molar-refractivity contribution is 5.89. The van der Waals surface area contributed by atoms with Crippen LogP contribution in [0.4, 0.5) is 10.6 Å². The number of aromatic nitrogens is 2. The monoisotopic (exact) mass is 588 g/mol. The summed E-state index contributed by atoms with van der Waals surface area (Å²) in [6.45, 7) is 7.16. The van der Waals surface area contributed by atoms with Crippen LogP contribution in [0.2, 0.25) is 0 Å². The summed E-state index contributed by atoms with van der Waals surface area (Å²) in [6, 6.07) is 10.5. The molecule has 12 heteroatoms. The van der Waals surface area contributed by atoms with Gasteiger partial charge in [-0.1, -0.05) is 12.1 Å². The molecule has 1 aliphatic carbocycles. The zero-order valence-corrected chi connectivity index (χ0v) is 25.4. The van der Waals surface area contributed by atoms with E-state index in [-0.39, 0.29) is 30.2 Å². The number of rotatable bonds is 7. The van der Waals surface area contributed by atoms with Gasteiger partial charge in [0.15, 0.2) is 0 Å². The second-order valence-corrected chi connectivity index (χ2v) is 11.9. The van der Waals surface area contributed by atoms with Crippen molar-refractivity contribution >= 4 is 30.2 Å². The first-order valence-electron chi connectivity index (χ1n) is 14.2. The fourth-order valence-corrected chi connectivity index (χ4v) is 5.52. The Labute approximate surface area is 248 Å². The fourth-order valence-electron chi connectivity index (χ4n) is 5.52. The van der Waals surface area contributed by atoms with Gasteiger partial charge in [0.2, 0.25) is 5.91 Å². The average Bonchev–Trinajstić information content (AvgIpc) is 2.93. The van der Waals surface area contributed by atoms with Crippen molar-refractivity contribution < 1.29 is 9.59 Å². The molecule has 2 aromatic rings. The SMILES string of the molecule is CC(Cc1ccc(-n2ccc(NC(=O)N3CCN(C(=O)C(C)(C)N)CC3)nc2=O)cc1)N(C)C1CCC(N)CC1.Cl. The Hall–Kier alpha value is -2.99. The van der Waals surface area contributed by atoms with E-state index in [1.807, 2.05) is 12.1 Å². The molecule has 41 heavy (non-hydrogen) atoms. The largest absolute Gasteiger partial charge is 0.354 e. The van der Waals surface area contributed by atoms with Gasteiger partial charge in [-0.25, -0.2) is 9.59 Å². The predicted octanol–water partition coefficient (Wildman–Crippen LogP) is 2.20. The highest BCUT2D eigenvalue weighted by Crippen LogP contribution is 2.24. The smallest absolute Gasteiger partial charge is 0.338 e. The number of hydrogen-bond acceptors (Lipinski definition) is 7. The van der Waals surface area contributed by atoms with E-state index in [4.69, 9.17) is 11.5 Å². The maximum atomic E-state index is 12.8. The van der Waals surface area contributed by atoms with Gasteiger partial charge in [-0.05, 0) is 83.7 Å². The zero-order chi connectivity index (χ0) is 29.0. The molecule has 2 heterocycles. The van der Waals surface area contributed by atoms with Crippen LogP contribution in [0.5, 0.6) is 0 Å². The number of hydrogen-bond donors (Lipinski definition) is 3. The van der Waals surface area contributed by atoms with E-state index in [1.54, 1.807) is 35.9 Å². The number of nitrogens with one attached hydrogen (secondary N) is 1. The lowest BCUT2D eigenvalue weighted by Crippen LogP contribution is -2.58. The molecule has 2 fully saturated rings. The Morgan fingerprint density at radius 2 is 1.63 bits per heavy atom. The first-order valence-corrected chi connectivity index (χ1v) is 14.2. The second-order valence-electron chi connectivity index (χ2n) is 11.9. The molecule has 0 spiro atoms. The summed E-state index contributed by atoms with van der Waals surface area (Å²) in [6.07, 6.45) is 7.02. The maximum absolute atomic E-state index is 12.8. The van der Waals surface area contributed by atoms with Crippen LogP contribution in [0.25, 0.3) is 5.69 Å². The quantitative estimate of drug-likeness (QED) is 0.450. The molecule has 1 unspecified atom stereocenters. The van der Waals surface area contributed by atoms with E-state index >= 15 is 0 Å². The van der Waals surface area contributed by atoms with Gasteiger partial charge >= 0.3 is 11.7 Å². The molecule has 11 nitrogen and oxygen atoms in total. The number of amides is 3. The van der Waals surface area contributed by atoms with Crippen LogP contribution in [0.15, 0.2) is 41.3 Å². The number of piperazine rings is 1. The number of likely N-dealkylation sites (N-methyl/N-ethyl adjacent to an activating group) is 1.